The molecule has 0 unspecified atom stereocenters. The molecular formula is C15H21NO3S. The van der Waals surface area contributed by atoms with Crippen molar-refractivity contribution in [2.45, 2.75) is 26.7 Å². The summed E-state index contributed by atoms with van der Waals surface area (Å²) in [5.41, 5.74) is 1.97. The van der Waals surface area contributed by atoms with E-state index in [1.165, 1.54) is 17.3 Å². The lowest BCUT2D eigenvalue weighted by atomic mass is 10.0. The van der Waals surface area contributed by atoms with Crippen molar-refractivity contribution in [1.82, 2.24) is 0 Å². The molecule has 1 aromatic rings. The first-order valence-corrected chi connectivity index (χ1v) is 7.81. The molecule has 1 amide bonds. The molecule has 5 heteroatoms. The van der Waals surface area contributed by atoms with Crippen LogP contribution in [0.2, 0.25) is 0 Å². The number of carbonyl (C=O) groups excluding carboxylic acids is 2. The highest BCUT2D eigenvalue weighted by molar-refractivity contribution is 8.00. The molecule has 0 spiro atoms. The number of amides is 1. The number of ether oxygens (including phenoxy) is 1. The monoisotopic (exact) mass is 295 g/mol. The van der Waals surface area contributed by atoms with Gasteiger partial charge in [-0.2, -0.15) is 0 Å². The van der Waals surface area contributed by atoms with Crippen molar-refractivity contribution in [3.63, 3.8) is 0 Å². The van der Waals surface area contributed by atoms with E-state index in [9.17, 15) is 9.59 Å². The summed E-state index contributed by atoms with van der Waals surface area (Å²) in [4.78, 5) is 22.9. The second-order valence-corrected chi connectivity index (χ2v) is 5.61. The van der Waals surface area contributed by atoms with Gasteiger partial charge >= 0.3 is 5.97 Å². The zero-order chi connectivity index (χ0) is 15.0. The first kappa shape index (κ1) is 16.6. The highest BCUT2D eigenvalue weighted by Gasteiger charge is 2.07. The van der Waals surface area contributed by atoms with E-state index in [-0.39, 0.29) is 23.4 Å². The molecule has 0 aromatic heterocycles. The maximum Gasteiger partial charge on any atom is 0.315 e. The van der Waals surface area contributed by atoms with Crippen molar-refractivity contribution >= 4 is 29.3 Å². The lowest BCUT2D eigenvalue weighted by Crippen LogP contribution is -2.16. The Morgan fingerprint density at radius 2 is 2.05 bits per heavy atom. The van der Waals surface area contributed by atoms with E-state index in [0.29, 0.717) is 12.5 Å². The van der Waals surface area contributed by atoms with Crippen LogP contribution in [-0.2, 0) is 14.3 Å². The Morgan fingerprint density at radius 1 is 1.30 bits per heavy atom. The number of hydrogen-bond donors (Lipinski definition) is 1. The fraction of sp³-hybridized carbons (Fsp3) is 0.467. The highest BCUT2D eigenvalue weighted by Crippen LogP contribution is 2.18. The average molecular weight is 295 g/mol. The predicted molar refractivity (Wildman–Crippen MR) is 83.1 cm³/mol. The van der Waals surface area contributed by atoms with Crippen LogP contribution in [0.3, 0.4) is 0 Å². The number of thioether (sulfide) groups is 1. The lowest BCUT2D eigenvalue weighted by molar-refractivity contribution is -0.139. The number of esters is 1. The first-order valence-electron chi connectivity index (χ1n) is 6.66. The van der Waals surface area contributed by atoms with Crippen LogP contribution in [0.25, 0.3) is 0 Å². The van der Waals surface area contributed by atoms with Crippen LogP contribution in [0.4, 0.5) is 5.69 Å². The van der Waals surface area contributed by atoms with Crippen LogP contribution >= 0.6 is 11.8 Å². The molecular weight excluding hydrogens is 274 g/mol. The van der Waals surface area contributed by atoms with Crippen molar-refractivity contribution in [1.29, 1.82) is 0 Å². The molecule has 1 aromatic carbocycles. The van der Waals surface area contributed by atoms with Gasteiger partial charge in [-0.15, -0.1) is 11.8 Å². The average Bonchev–Trinajstić information content (AvgIpc) is 2.39. The fourth-order valence-corrected chi connectivity index (χ4v) is 2.21. The molecule has 1 rings (SSSR count). The van der Waals surface area contributed by atoms with Gasteiger partial charge < -0.3 is 10.1 Å². The van der Waals surface area contributed by atoms with E-state index in [4.69, 9.17) is 4.74 Å². The highest BCUT2D eigenvalue weighted by atomic mass is 32.2. The number of anilines is 1. The maximum absolute atomic E-state index is 11.7. The van der Waals surface area contributed by atoms with Crippen LogP contribution in [0.5, 0.6) is 0 Å². The number of nitrogens with one attached hydrogen (secondary N) is 1. The van der Waals surface area contributed by atoms with Gasteiger partial charge in [0.1, 0.15) is 0 Å². The summed E-state index contributed by atoms with van der Waals surface area (Å²) in [5, 5.41) is 2.83. The van der Waals surface area contributed by atoms with Crippen molar-refractivity contribution in [2.24, 2.45) is 0 Å². The van der Waals surface area contributed by atoms with E-state index in [1.54, 1.807) is 6.92 Å². The molecule has 110 valence electrons. The normalized spacial score (nSPS) is 10.4. The summed E-state index contributed by atoms with van der Waals surface area (Å²) < 4.78 is 4.79. The molecule has 4 nitrogen and oxygen atoms in total. The summed E-state index contributed by atoms with van der Waals surface area (Å²) in [6, 6.07) is 7.80. The zero-order valence-electron chi connectivity index (χ0n) is 12.1. The Labute approximate surface area is 124 Å². The molecule has 0 heterocycles. The Bertz CT molecular complexity index is 460. The summed E-state index contributed by atoms with van der Waals surface area (Å²) in [5.74, 6) is 0.468. The van der Waals surface area contributed by atoms with Gasteiger partial charge in [0.2, 0.25) is 5.91 Å². The minimum Gasteiger partial charge on any atom is -0.465 e. The molecule has 0 saturated carbocycles. The smallest absolute Gasteiger partial charge is 0.315 e. The van der Waals surface area contributed by atoms with Gasteiger partial charge in [-0.3, -0.25) is 9.59 Å². The molecule has 1 N–H and O–H groups in total. The Kier molecular flexibility index (Phi) is 7.15. The van der Waals surface area contributed by atoms with Crippen LogP contribution in [0, 0.1) is 0 Å². The number of rotatable bonds is 7. The second-order valence-electron chi connectivity index (χ2n) is 4.63. The lowest BCUT2D eigenvalue weighted by Gasteiger charge is -2.09. The van der Waals surface area contributed by atoms with Gasteiger partial charge in [0, 0.05) is 5.69 Å². The van der Waals surface area contributed by atoms with Gasteiger partial charge in [-0.25, -0.2) is 0 Å². The predicted octanol–water partition coefficient (Wildman–Crippen LogP) is 3.04. The van der Waals surface area contributed by atoms with E-state index in [0.717, 1.165) is 5.69 Å². The Balaban J connectivity index is 2.39. The summed E-state index contributed by atoms with van der Waals surface area (Å²) in [7, 11) is 0. The summed E-state index contributed by atoms with van der Waals surface area (Å²) in [6.07, 6.45) is 0. The minimum absolute atomic E-state index is 0.111. The quantitative estimate of drug-likeness (QED) is 0.786. The van der Waals surface area contributed by atoms with Crippen molar-refractivity contribution in [3.8, 4) is 0 Å². The van der Waals surface area contributed by atoms with Crippen molar-refractivity contribution < 1.29 is 14.3 Å². The van der Waals surface area contributed by atoms with Gasteiger partial charge in [-0.05, 0) is 30.5 Å². The third-order valence-electron chi connectivity index (χ3n) is 2.60. The van der Waals surface area contributed by atoms with Crippen LogP contribution < -0.4 is 5.32 Å². The molecule has 0 aliphatic heterocycles. The van der Waals surface area contributed by atoms with E-state index in [1.807, 2.05) is 24.3 Å². The third kappa shape index (κ3) is 6.10. The van der Waals surface area contributed by atoms with Gasteiger partial charge in [0.15, 0.2) is 0 Å². The van der Waals surface area contributed by atoms with Gasteiger partial charge in [0.25, 0.3) is 0 Å². The Morgan fingerprint density at radius 3 is 2.70 bits per heavy atom. The number of carbonyl (C=O) groups is 2. The molecule has 0 radical (unpaired) electrons. The Hall–Kier alpha value is -1.49. The van der Waals surface area contributed by atoms with Crippen LogP contribution in [-0.4, -0.2) is 30.0 Å². The summed E-state index contributed by atoms with van der Waals surface area (Å²) in [6.45, 7) is 6.34. The van der Waals surface area contributed by atoms with E-state index >= 15 is 0 Å². The largest absolute Gasteiger partial charge is 0.465 e. The first-order chi connectivity index (χ1) is 9.52. The molecule has 20 heavy (non-hydrogen) atoms. The van der Waals surface area contributed by atoms with Crippen molar-refractivity contribution in [2.75, 3.05) is 23.4 Å². The SMILES string of the molecule is CCOC(=O)CSCC(=O)Nc1cccc(C(C)C)c1. The minimum atomic E-state index is -0.285. The van der Waals surface area contributed by atoms with Crippen molar-refractivity contribution in [3.05, 3.63) is 29.8 Å². The van der Waals surface area contributed by atoms with Crippen LogP contribution in [0.1, 0.15) is 32.3 Å². The zero-order valence-corrected chi connectivity index (χ0v) is 13.0. The van der Waals surface area contributed by atoms with Gasteiger partial charge in [0.05, 0.1) is 18.1 Å². The topological polar surface area (TPSA) is 55.4 Å². The molecule has 0 atom stereocenters. The molecule has 0 bridgehead atoms. The molecule has 0 fully saturated rings. The number of hydrogen-bond acceptors (Lipinski definition) is 4. The third-order valence-corrected chi connectivity index (χ3v) is 3.50. The maximum atomic E-state index is 11.7. The number of benzene rings is 1. The van der Waals surface area contributed by atoms with E-state index in [2.05, 4.69) is 19.2 Å². The van der Waals surface area contributed by atoms with E-state index < -0.39 is 0 Å². The van der Waals surface area contributed by atoms with Crippen LogP contribution in [0.15, 0.2) is 24.3 Å². The second kappa shape index (κ2) is 8.64. The van der Waals surface area contributed by atoms with Gasteiger partial charge in [-0.1, -0.05) is 26.0 Å². The summed E-state index contributed by atoms with van der Waals surface area (Å²) >= 11 is 1.25. The standard InChI is InChI=1S/C15H21NO3S/c1-4-19-15(18)10-20-9-14(17)16-13-7-5-6-12(8-13)11(2)3/h5-8,11H,4,9-10H2,1-3H3,(H,16,17). The fourth-order valence-electron chi connectivity index (χ4n) is 1.60. The molecule has 0 saturated heterocycles. The molecule has 0 aliphatic carbocycles. The molecule has 0 aliphatic rings.